The summed E-state index contributed by atoms with van der Waals surface area (Å²) in [7, 11) is 1.27. The van der Waals surface area contributed by atoms with E-state index in [9.17, 15) is 20.0 Å². The fraction of sp³-hybridized carbons (Fsp3) is 0.250. The summed E-state index contributed by atoms with van der Waals surface area (Å²) >= 11 is 4.37. The third-order valence-corrected chi connectivity index (χ3v) is 8.24. The van der Waals surface area contributed by atoms with E-state index in [0.29, 0.717) is 40.7 Å². The number of hydrazone groups is 1. The van der Waals surface area contributed by atoms with Crippen LogP contribution in [-0.2, 0) is 16.1 Å². The molecule has 2 amide bonds. The van der Waals surface area contributed by atoms with E-state index in [-0.39, 0.29) is 18.8 Å². The van der Waals surface area contributed by atoms with Gasteiger partial charge in [0.1, 0.15) is 19.0 Å². The van der Waals surface area contributed by atoms with E-state index in [1.54, 1.807) is 37.4 Å². The lowest BCUT2D eigenvalue weighted by atomic mass is 9.95. The largest absolute Gasteiger partial charge is 0.490 e. The van der Waals surface area contributed by atoms with Gasteiger partial charge in [0.2, 0.25) is 0 Å². The van der Waals surface area contributed by atoms with Gasteiger partial charge in [-0.3, -0.25) is 5.43 Å². The van der Waals surface area contributed by atoms with Crippen molar-refractivity contribution in [1.29, 1.82) is 5.26 Å². The van der Waals surface area contributed by atoms with Crippen LogP contribution in [0.25, 0.3) is 0 Å². The zero-order valence-electron chi connectivity index (χ0n) is 25.1. The fourth-order valence-corrected chi connectivity index (χ4v) is 6.64. The van der Waals surface area contributed by atoms with E-state index >= 15 is 0 Å². The number of allylic oxidation sites excluding steroid dienone is 1. The first-order valence-electron chi connectivity index (χ1n) is 14.0. The Hall–Kier alpha value is -4.08. The van der Waals surface area contributed by atoms with Gasteiger partial charge in [-0.1, -0.05) is 24.3 Å². The number of rotatable bonds is 13. The van der Waals surface area contributed by atoms with Crippen molar-refractivity contribution in [2.24, 2.45) is 5.10 Å². The Balaban J connectivity index is 1.37. The van der Waals surface area contributed by atoms with Crippen molar-refractivity contribution in [3.05, 3.63) is 95.3 Å². The molecule has 3 aromatic rings. The van der Waals surface area contributed by atoms with E-state index in [4.69, 9.17) is 18.9 Å². The van der Waals surface area contributed by atoms with Crippen LogP contribution in [0.1, 0.15) is 42.1 Å². The summed E-state index contributed by atoms with van der Waals surface area (Å²) in [5.74, 6) is 0.856. The van der Waals surface area contributed by atoms with E-state index in [1.165, 1.54) is 7.11 Å². The molecule has 0 spiro atoms. The number of nitrogens with zero attached hydrogens (tertiary/aromatic N) is 2. The maximum atomic E-state index is 12.5. The second-order valence-electron chi connectivity index (χ2n) is 9.79. The lowest BCUT2D eigenvalue weighted by Gasteiger charge is -2.28. The number of aliphatic hydroxyl groups is 1. The molecule has 12 nitrogen and oxygen atoms in total. The number of carbonyl (C=O) groups is 2. The Morgan fingerprint density at radius 3 is 2.57 bits per heavy atom. The first-order valence-corrected chi connectivity index (χ1v) is 16.1. The molecule has 1 aliphatic rings. The van der Waals surface area contributed by atoms with Gasteiger partial charge in [-0.2, -0.15) is 10.4 Å². The molecule has 2 atom stereocenters. The second kappa shape index (κ2) is 16.5. The summed E-state index contributed by atoms with van der Waals surface area (Å²) in [6, 6.07) is 17.1. The molecule has 4 rings (SSSR count). The summed E-state index contributed by atoms with van der Waals surface area (Å²) in [6.07, 6.45) is 0.427. The lowest BCUT2D eigenvalue weighted by Crippen LogP contribution is -2.45. The first kappa shape index (κ1) is 34.8. The molecule has 3 aromatic carbocycles. The zero-order valence-corrected chi connectivity index (χ0v) is 29.4. The molecular formula is C32H31I2N5O7. The Labute approximate surface area is 293 Å². The number of hydrogen-bond donors (Lipinski definition) is 4. The monoisotopic (exact) mass is 851 g/mol. The predicted octanol–water partition coefficient (Wildman–Crippen LogP) is 4.87. The van der Waals surface area contributed by atoms with Crippen molar-refractivity contribution < 1.29 is 33.6 Å². The number of benzene rings is 3. The highest BCUT2D eigenvalue weighted by Crippen LogP contribution is 2.35. The number of aliphatic hydroxyl groups excluding tert-OH is 1. The number of amides is 2. The summed E-state index contributed by atoms with van der Waals surface area (Å²) in [6.45, 7) is 3.88. The van der Waals surface area contributed by atoms with Crippen molar-refractivity contribution in [2.75, 3.05) is 20.3 Å². The molecule has 0 unspecified atom stereocenters. The summed E-state index contributed by atoms with van der Waals surface area (Å²) in [4.78, 5) is 24.6. The quantitative estimate of drug-likeness (QED) is 0.0619. The molecule has 240 valence electrons. The number of hydrogen-bond acceptors (Lipinski definition) is 10. The normalized spacial score (nSPS) is 15.0. The number of methoxy groups -OCH3 is 1. The maximum absolute atomic E-state index is 12.5. The summed E-state index contributed by atoms with van der Waals surface area (Å²) in [5, 5.41) is 29.3. The molecule has 0 saturated carbocycles. The zero-order chi connectivity index (χ0) is 33.2. The number of halogens is 2. The number of urea groups is 1. The Morgan fingerprint density at radius 2 is 1.87 bits per heavy atom. The minimum atomic E-state index is -1.15. The van der Waals surface area contributed by atoms with Gasteiger partial charge in [0.25, 0.3) is 0 Å². The van der Waals surface area contributed by atoms with Crippen LogP contribution < -0.4 is 30.3 Å². The van der Waals surface area contributed by atoms with Crippen molar-refractivity contribution in [2.45, 2.75) is 32.7 Å². The van der Waals surface area contributed by atoms with Gasteiger partial charge in [0.05, 0.1) is 50.3 Å². The van der Waals surface area contributed by atoms with Crippen molar-refractivity contribution in [3.8, 4) is 23.3 Å². The average molecular weight is 851 g/mol. The minimum absolute atomic E-state index is 0.153. The number of nitriles is 1. The lowest BCUT2D eigenvalue weighted by molar-refractivity contribution is -0.136. The van der Waals surface area contributed by atoms with Crippen molar-refractivity contribution >= 4 is 63.4 Å². The van der Waals surface area contributed by atoms with Crippen LogP contribution >= 0.6 is 45.2 Å². The standard InChI is InChI=1S/C32H31I2N5O7/c1-4-44-26-13-20(29-28(31(41)43-3)18(2)37-32(42)38-29)9-10-25(26)45-17-27(40)39-36-15-19-11-23(33)30(24(34)12-19)46-16-22-8-6-5-7-21(22)14-35/h5-13,15,27,29,39-40H,4,16-17H2,1-3H3,(H2,37,38,42)/b36-15-/t27-,29+/m0/s1. The molecule has 4 N–H and O–H groups in total. The molecule has 14 heteroatoms. The SMILES string of the molecule is CCOc1cc([C@H]2NC(=O)NC(C)=C2C(=O)OC)ccc1OC[C@H](O)N/N=C\c1cc(I)c(OCc2ccccc2C#N)c(I)c1. The smallest absolute Gasteiger partial charge is 0.337 e. The Kier molecular flexibility index (Phi) is 12.5. The highest BCUT2D eigenvalue weighted by molar-refractivity contribution is 14.1. The molecule has 0 fully saturated rings. The maximum Gasteiger partial charge on any atom is 0.337 e. The van der Waals surface area contributed by atoms with Crippen molar-refractivity contribution in [3.63, 3.8) is 0 Å². The van der Waals surface area contributed by atoms with Crippen LogP contribution in [0, 0.1) is 18.5 Å². The number of carbonyl (C=O) groups excluding carboxylic acids is 2. The molecule has 0 aliphatic carbocycles. The number of esters is 1. The molecule has 0 radical (unpaired) electrons. The number of ether oxygens (including phenoxy) is 4. The van der Waals surface area contributed by atoms with E-state index in [1.807, 2.05) is 37.3 Å². The van der Waals surface area contributed by atoms with E-state index in [0.717, 1.165) is 18.3 Å². The summed E-state index contributed by atoms with van der Waals surface area (Å²) in [5.41, 5.74) is 6.05. The average Bonchev–Trinajstić information content (AvgIpc) is 3.03. The van der Waals surface area contributed by atoms with Gasteiger partial charge >= 0.3 is 12.0 Å². The van der Waals surface area contributed by atoms with Gasteiger partial charge in [0.15, 0.2) is 17.7 Å². The van der Waals surface area contributed by atoms with Gasteiger partial charge in [-0.15, -0.1) is 0 Å². The topological polar surface area (TPSA) is 164 Å². The van der Waals surface area contributed by atoms with Crippen LogP contribution in [0.2, 0.25) is 0 Å². The van der Waals surface area contributed by atoms with Crippen LogP contribution in [-0.4, -0.2) is 49.9 Å². The van der Waals surface area contributed by atoms with Gasteiger partial charge in [-0.25, -0.2) is 9.59 Å². The molecule has 0 bridgehead atoms. The third kappa shape index (κ3) is 8.79. The molecule has 1 aliphatic heterocycles. The third-order valence-electron chi connectivity index (χ3n) is 6.64. The number of nitrogens with one attached hydrogen (secondary N) is 3. The van der Waals surface area contributed by atoms with Crippen LogP contribution in [0.15, 0.2) is 71.0 Å². The highest BCUT2D eigenvalue weighted by atomic mass is 127. The van der Waals surface area contributed by atoms with Gasteiger partial charge in [-0.05, 0) is 100 Å². The molecule has 0 saturated heterocycles. The van der Waals surface area contributed by atoms with Crippen LogP contribution in [0.4, 0.5) is 4.79 Å². The van der Waals surface area contributed by atoms with E-state index < -0.39 is 24.3 Å². The molecular weight excluding hydrogens is 820 g/mol. The molecule has 1 heterocycles. The van der Waals surface area contributed by atoms with Gasteiger partial charge in [0, 0.05) is 11.3 Å². The Morgan fingerprint density at radius 1 is 1.13 bits per heavy atom. The van der Waals surface area contributed by atoms with Crippen molar-refractivity contribution in [1.82, 2.24) is 16.1 Å². The predicted molar refractivity (Wildman–Crippen MR) is 186 cm³/mol. The highest BCUT2D eigenvalue weighted by Gasteiger charge is 2.32. The fourth-order valence-electron chi connectivity index (χ4n) is 4.52. The Bertz CT molecular complexity index is 1680. The summed E-state index contributed by atoms with van der Waals surface area (Å²) < 4.78 is 24.3. The van der Waals surface area contributed by atoms with E-state index in [2.05, 4.69) is 72.4 Å². The van der Waals surface area contributed by atoms with Crippen LogP contribution in [0.5, 0.6) is 17.2 Å². The van der Waals surface area contributed by atoms with Crippen LogP contribution in [0.3, 0.4) is 0 Å². The minimum Gasteiger partial charge on any atom is -0.490 e. The second-order valence-corrected chi connectivity index (χ2v) is 12.1. The van der Waals surface area contributed by atoms with Gasteiger partial charge < -0.3 is 34.7 Å². The molecule has 0 aromatic heterocycles. The first-order chi connectivity index (χ1) is 22.1. The molecule has 46 heavy (non-hydrogen) atoms.